The second kappa shape index (κ2) is 21.5. The van der Waals surface area contributed by atoms with Gasteiger partial charge in [-0.25, -0.2) is 9.59 Å². The van der Waals surface area contributed by atoms with Crippen LogP contribution in [0.2, 0.25) is 0 Å². The number of hydrogen-bond acceptors (Lipinski definition) is 7. The lowest BCUT2D eigenvalue weighted by Crippen LogP contribution is -2.19. The number of hydrogen-bond donors (Lipinski definition) is 4. The molecule has 0 amide bonds. The SMILES string of the molecule is C=CC(=O)O.C=CC(=O)O.COC(O)COCCOCCO. The maximum Gasteiger partial charge on any atom is 0.327 e. The molecule has 0 aliphatic heterocycles. The van der Waals surface area contributed by atoms with Crippen LogP contribution in [-0.2, 0) is 23.8 Å². The van der Waals surface area contributed by atoms with Crippen molar-refractivity contribution in [3.05, 3.63) is 25.3 Å². The molecule has 0 aliphatic carbocycles. The fraction of sp³-hybridized carbons (Fsp3) is 0.538. The van der Waals surface area contributed by atoms with Crippen LogP contribution in [0, 0.1) is 0 Å². The van der Waals surface area contributed by atoms with Crippen molar-refractivity contribution in [2.45, 2.75) is 6.29 Å². The van der Waals surface area contributed by atoms with Gasteiger partial charge in [-0.15, -0.1) is 0 Å². The summed E-state index contributed by atoms with van der Waals surface area (Å²) in [6.45, 7) is 7.19. The smallest absolute Gasteiger partial charge is 0.327 e. The highest BCUT2D eigenvalue weighted by Gasteiger charge is 1.99. The molecular formula is C13H24O9. The number of rotatable bonds is 10. The van der Waals surface area contributed by atoms with Gasteiger partial charge in [0.2, 0.25) is 0 Å². The van der Waals surface area contributed by atoms with Crippen molar-refractivity contribution in [1.29, 1.82) is 0 Å². The molecule has 130 valence electrons. The highest BCUT2D eigenvalue weighted by molar-refractivity contribution is 5.79. The van der Waals surface area contributed by atoms with Gasteiger partial charge in [0.15, 0.2) is 6.29 Å². The van der Waals surface area contributed by atoms with Crippen LogP contribution in [0.5, 0.6) is 0 Å². The van der Waals surface area contributed by atoms with Gasteiger partial charge in [-0.05, 0) is 0 Å². The highest BCUT2D eigenvalue weighted by Crippen LogP contribution is 1.85. The first-order chi connectivity index (χ1) is 10.3. The number of ether oxygens (including phenoxy) is 3. The van der Waals surface area contributed by atoms with Crippen molar-refractivity contribution in [2.75, 3.05) is 40.1 Å². The van der Waals surface area contributed by atoms with Gasteiger partial charge >= 0.3 is 11.9 Å². The van der Waals surface area contributed by atoms with E-state index < -0.39 is 18.2 Å². The van der Waals surface area contributed by atoms with Crippen molar-refractivity contribution in [3.63, 3.8) is 0 Å². The van der Waals surface area contributed by atoms with Crippen molar-refractivity contribution < 1.29 is 44.2 Å². The fourth-order valence-electron chi connectivity index (χ4n) is 0.537. The molecule has 0 spiro atoms. The summed E-state index contributed by atoms with van der Waals surface area (Å²) in [7, 11) is 1.40. The van der Waals surface area contributed by atoms with Crippen molar-refractivity contribution in [3.8, 4) is 0 Å². The van der Waals surface area contributed by atoms with Crippen molar-refractivity contribution >= 4 is 11.9 Å². The van der Waals surface area contributed by atoms with E-state index in [1.165, 1.54) is 7.11 Å². The number of carbonyl (C=O) groups is 2. The van der Waals surface area contributed by atoms with E-state index in [4.69, 9.17) is 29.9 Å². The van der Waals surface area contributed by atoms with E-state index >= 15 is 0 Å². The first kappa shape index (κ1) is 25.2. The van der Waals surface area contributed by atoms with E-state index in [2.05, 4.69) is 17.9 Å². The summed E-state index contributed by atoms with van der Waals surface area (Å²) in [5.41, 5.74) is 0. The Morgan fingerprint density at radius 1 is 1.05 bits per heavy atom. The Bertz CT molecular complexity index is 273. The average Bonchev–Trinajstić information content (AvgIpc) is 2.51. The summed E-state index contributed by atoms with van der Waals surface area (Å²) < 4.78 is 14.4. The Morgan fingerprint density at radius 3 is 1.77 bits per heavy atom. The van der Waals surface area contributed by atoms with Crippen LogP contribution in [0.25, 0.3) is 0 Å². The third kappa shape index (κ3) is 36.2. The summed E-state index contributed by atoms with van der Waals surface area (Å²) in [5, 5.41) is 32.4. The minimum Gasteiger partial charge on any atom is -0.478 e. The topological polar surface area (TPSA) is 143 Å². The fourth-order valence-corrected chi connectivity index (χ4v) is 0.537. The lowest BCUT2D eigenvalue weighted by atomic mass is 10.6. The molecule has 0 saturated carbocycles. The molecule has 0 aromatic heterocycles. The Morgan fingerprint density at radius 2 is 1.45 bits per heavy atom. The van der Waals surface area contributed by atoms with Crippen LogP contribution in [0.1, 0.15) is 0 Å². The number of carboxylic acid groups (broad SMARTS) is 2. The summed E-state index contributed by atoms with van der Waals surface area (Å²) >= 11 is 0. The summed E-state index contributed by atoms with van der Waals surface area (Å²) in [5.74, 6) is -1.96. The average molecular weight is 324 g/mol. The van der Waals surface area contributed by atoms with E-state index in [1.54, 1.807) is 0 Å². The molecule has 0 aromatic carbocycles. The zero-order valence-corrected chi connectivity index (χ0v) is 12.5. The predicted octanol–water partition coefficient (Wildman–Crippen LogP) is -0.509. The Labute approximate surface area is 129 Å². The molecule has 1 unspecified atom stereocenters. The van der Waals surface area contributed by atoms with E-state index in [0.29, 0.717) is 19.8 Å². The van der Waals surface area contributed by atoms with E-state index in [1.807, 2.05) is 0 Å². The van der Waals surface area contributed by atoms with Gasteiger partial charge in [0.25, 0.3) is 0 Å². The van der Waals surface area contributed by atoms with E-state index in [-0.39, 0.29) is 13.2 Å². The maximum atomic E-state index is 9.25. The standard InChI is InChI=1S/C7H16O5.2C3H4O2/c1-10-7(9)6-12-5-4-11-3-2-8;2*1-2-3(4)5/h7-9H,2-6H2,1H3;2*2H,1H2,(H,4,5). The molecule has 9 heteroatoms. The largest absolute Gasteiger partial charge is 0.478 e. The van der Waals surface area contributed by atoms with Crippen LogP contribution in [0.3, 0.4) is 0 Å². The molecule has 0 aromatic rings. The first-order valence-electron chi connectivity index (χ1n) is 6.03. The minimum atomic E-state index is -0.981. The third-order valence-electron chi connectivity index (χ3n) is 1.49. The Balaban J connectivity index is -0.000000298. The molecule has 0 rings (SSSR count). The lowest BCUT2D eigenvalue weighted by Gasteiger charge is -2.08. The van der Waals surface area contributed by atoms with Crippen LogP contribution in [0.4, 0.5) is 0 Å². The van der Waals surface area contributed by atoms with Gasteiger partial charge in [-0.2, -0.15) is 0 Å². The number of aliphatic hydroxyl groups is 2. The summed E-state index contributed by atoms with van der Waals surface area (Å²) in [6.07, 6.45) is 0.794. The number of aliphatic carboxylic acids is 2. The third-order valence-corrected chi connectivity index (χ3v) is 1.49. The second-order valence-electron chi connectivity index (χ2n) is 3.19. The predicted molar refractivity (Wildman–Crippen MR) is 77.4 cm³/mol. The van der Waals surface area contributed by atoms with Crippen molar-refractivity contribution in [1.82, 2.24) is 0 Å². The summed E-state index contributed by atoms with van der Waals surface area (Å²) in [4.78, 5) is 18.5. The number of carboxylic acids is 2. The lowest BCUT2D eigenvalue weighted by molar-refractivity contribution is -0.132. The molecule has 22 heavy (non-hydrogen) atoms. The second-order valence-corrected chi connectivity index (χ2v) is 3.19. The summed E-state index contributed by atoms with van der Waals surface area (Å²) in [6, 6.07) is 0. The van der Waals surface area contributed by atoms with E-state index in [0.717, 1.165) is 12.2 Å². The first-order valence-corrected chi connectivity index (χ1v) is 6.03. The molecule has 9 nitrogen and oxygen atoms in total. The van der Waals surface area contributed by atoms with Gasteiger partial charge in [0.05, 0.1) is 33.0 Å². The highest BCUT2D eigenvalue weighted by atomic mass is 16.6. The molecule has 0 fully saturated rings. The van der Waals surface area contributed by atoms with E-state index in [9.17, 15) is 9.59 Å². The van der Waals surface area contributed by atoms with Gasteiger partial charge in [-0.3, -0.25) is 0 Å². The normalized spacial score (nSPS) is 10.1. The molecule has 0 saturated heterocycles. The molecule has 1 atom stereocenters. The Kier molecular flexibility index (Phi) is 24.6. The van der Waals surface area contributed by atoms with Crippen LogP contribution in [0.15, 0.2) is 25.3 Å². The number of aliphatic hydroxyl groups excluding tert-OH is 2. The Hall–Kier alpha value is -1.78. The molecule has 4 N–H and O–H groups in total. The molecule has 0 heterocycles. The minimum absolute atomic E-state index is 0.0146. The quantitative estimate of drug-likeness (QED) is 0.237. The van der Waals surface area contributed by atoms with Crippen LogP contribution in [-0.4, -0.2) is 78.8 Å². The van der Waals surface area contributed by atoms with Gasteiger partial charge in [-0.1, -0.05) is 13.2 Å². The molecule has 0 bridgehead atoms. The van der Waals surface area contributed by atoms with Gasteiger partial charge in [0, 0.05) is 19.3 Å². The van der Waals surface area contributed by atoms with Crippen LogP contribution < -0.4 is 0 Å². The molecule has 0 aliphatic rings. The van der Waals surface area contributed by atoms with Gasteiger partial charge < -0.3 is 34.6 Å². The number of methoxy groups -OCH3 is 1. The monoisotopic (exact) mass is 324 g/mol. The van der Waals surface area contributed by atoms with Crippen LogP contribution >= 0.6 is 0 Å². The van der Waals surface area contributed by atoms with Crippen molar-refractivity contribution in [2.24, 2.45) is 0 Å². The zero-order valence-electron chi connectivity index (χ0n) is 12.5. The molecular weight excluding hydrogens is 300 g/mol. The maximum absolute atomic E-state index is 9.25. The zero-order chi connectivity index (χ0) is 17.8. The molecule has 0 radical (unpaired) electrons. The van der Waals surface area contributed by atoms with Gasteiger partial charge in [0.1, 0.15) is 0 Å².